The van der Waals surface area contributed by atoms with Gasteiger partial charge in [-0.2, -0.15) is 0 Å². The van der Waals surface area contributed by atoms with E-state index in [2.05, 4.69) is 11.9 Å². The van der Waals surface area contributed by atoms with Gasteiger partial charge in [0.25, 0.3) is 5.69 Å². The van der Waals surface area contributed by atoms with Crippen LogP contribution in [0.3, 0.4) is 0 Å². The second-order valence-corrected chi connectivity index (χ2v) is 5.18. The minimum absolute atomic E-state index is 0.0227. The van der Waals surface area contributed by atoms with Crippen molar-refractivity contribution >= 4 is 17.7 Å². The zero-order chi connectivity index (χ0) is 17.9. The zero-order valence-electron chi connectivity index (χ0n) is 13.3. The van der Waals surface area contributed by atoms with Crippen LogP contribution in [0.2, 0.25) is 0 Å². The molecule has 2 rings (SSSR count). The second-order valence-electron chi connectivity index (χ2n) is 5.18. The molecule has 0 saturated heterocycles. The second kappa shape index (κ2) is 6.95. The molecule has 0 bridgehead atoms. The smallest absolute Gasteiger partial charge is 0.338 e. The zero-order valence-corrected chi connectivity index (χ0v) is 13.3. The third-order valence-electron chi connectivity index (χ3n) is 3.72. The van der Waals surface area contributed by atoms with Gasteiger partial charge in [-0.15, -0.1) is 0 Å². The Morgan fingerprint density at radius 2 is 2.25 bits per heavy atom. The first-order valence-electron chi connectivity index (χ1n) is 7.14. The lowest BCUT2D eigenvalue weighted by Gasteiger charge is -2.33. The number of nitro benzene ring substituents is 1. The molecule has 1 atom stereocenters. The number of non-ortho nitro benzene ring substituents is 1. The van der Waals surface area contributed by atoms with Crippen molar-refractivity contribution in [3.63, 3.8) is 0 Å². The molecule has 126 valence electrons. The number of benzene rings is 1. The maximum Gasteiger partial charge on any atom is 0.338 e. The van der Waals surface area contributed by atoms with Gasteiger partial charge in [0, 0.05) is 24.9 Å². The van der Waals surface area contributed by atoms with Crippen molar-refractivity contribution in [2.24, 2.45) is 0 Å². The molecule has 0 saturated carbocycles. The summed E-state index contributed by atoms with van der Waals surface area (Å²) in [5.74, 6) is -0.615. The molecule has 0 aliphatic carbocycles. The van der Waals surface area contributed by atoms with E-state index < -0.39 is 23.0 Å². The lowest BCUT2D eigenvalue weighted by Crippen LogP contribution is -2.46. The molecule has 0 aromatic heterocycles. The molecule has 8 heteroatoms. The number of nitrogens with one attached hydrogen (secondary N) is 1. The summed E-state index contributed by atoms with van der Waals surface area (Å²) < 4.78 is 5.09. The maximum absolute atomic E-state index is 12.4. The number of esters is 1. The van der Waals surface area contributed by atoms with Gasteiger partial charge in [-0.05, 0) is 12.5 Å². The lowest BCUT2D eigenvalue weighted by atomic mass is 9.95. The number of nitro groups is 1. The number of ether oxygens (including phenoxy) is 1. The third-order valence-corrected chi connectivity index (χ3v) is 3.72. The molecule has 8 nitrogen and oxygen atoms in total. The molecular weight excluding hydrogens is 314 g/mol. The molecule has 24 heavy (non-hydrogen) atoms. The van der Waals surface area contributed by atoms with E-state index in [0.29, 0.717) is 11.3 Å². The van der Waals surface area contributed by atoms with Crippen LogP contribution in [0.1, 0.15) is 18.5 Å². The van der Waals surface area contributed by atoms with Crippen LogP contribution in [0.5, 0.6) is 0 Å². The largest absolute Gasteiger partial charge is 0.458 e. The van der Waals surface area contributed by atoms with Crippen LogP contribution in [0, 0.1) is 10.1 Å². The van der Waals surface area contributed by atoms with Gasteiger partial charge in [0.2, 0.25) is 0 Å². The Kier molecular flexibility index (Phi) is 4.98. The Morgan fingerprint density at radius 1 is 1.54 bits per heavy atom. The Hall–Kier alpha value is -3.16. The van der Waals surface area contributed by atoms with Crippen molar-refractivity contribution in [1.82, 2.24) is 10.2 Å². The molecule has 2 amide bonds. The molecule has 0 unspecified atom stereocenters. The van der Waals surface area contributed by atoms with E-state index in [1.165, 1.54) is 36.2 Å². The highest BCUT2D eigenvalue weighted by atomic mass is 16.6. The Bertz CT molecular complexity index is 741. The molecule has 1 aliphatic heterocycles. The maximum atomic E-state index is 12.4. The van der Waals surface area contributed by atoms with Crippen molar-refractivity contribution in [1.29, 1.82) is 0 Å². The first kappa shape index (κ1) is 17.2. The molecule has 1 aromatic rings. The van der Waals surface area contributed by atoms with Gasteiger partial charge in [-0.3, -0.25) is 10.1 Å². The Labute approximate surface area is 138 Å². The summed E-state index contributed by atoms with van der Waals surface area (Å²) in [6.45, 7) is 5.12. The first-order valence-corrected chi connectivity index (χ1v) is 7.14. The quantitative estimate of drug-likeness (QED) is 0.386. The van der Waals surface area contributed by atoms with E-state index >= 15 is 0 Å². The molecule has 0 fully saturated rings. The first-order chi connectivity index (χ1) is 11.4. The Balaban J connectivity index is 2.50. The van der Waals surface area contributed by atoms with E-state index in [-0.39, 0.29) is 17.9 Å². The molecule has 0 radical (unpaired) electrons. The van der Waals surface area contributed by atoms with Gasteiger partial charge >= 0.3 is 12.0 Å². The fraction of sp³-hybridized carbons (Fsp3) is 0.250. The van der Waals surface area contributed by atoms with E-state index in [9.17, 15) is 19.7 Å². The highest BCUT2D eigenvalue weighted by Crippen LogP contribution is 2.32. The van der Waals surface area contributed by atoms with E-state index in [4.69, 9.17) is 4.74 Å². The molecule has 0 spiro atoms. The van der Waals surface area contributed by atoms with Gasteiger partial charge in [-0.1, -0.05) is 24.8 Å². The van der Waals surface area contributed by atoms with Crippen LogP contribution in [0.4, 0.5) is 10.5 Å². The van der Waals surface area contributed by atoms with Gasteiger partial charge in [0.1, 0.15) is 6.61 Å². The van der Waals surface area contributed by atoms with Crippen LogP contribution >= 0.6 is 0 Å². The summed E-state index contributed by atoms with van der Waals surface area (Å²) in [6.07, 6.45) is 1.43. The van der Waals surface area contributed by atoms with Crippen molar-refractivity contribution in [2.75, 3.05) is 13.7 Å². The number of rotatable bonds is 5. The topological polar surface area (TPSA) is 102 Å². The minimum Gasteiger partial charge on any atom is -0.458 e. The van der Waals surface area contributed by atoms with Gasteiger partial charge in [-0.25, -0.2) is 9.59 Å². The van der Waals surface area contributed by atoms with Gasteiger partial charge < -0.3 is 15.0 Å². The van der Waals surface area contributed by atoms with Gasteiger partial charge in [0.15, 0.2) is 0 Å². The van der Waals surface area contributed by atoms with E-state index in [1.807, 2.05) is 0 Å². The van der Waals surface area contributed by atoms with Crippen LogP contribution in [0.15, 0.2) is 48.2 Å². The molecule has 1 aromatic carbocycles. The number of hydrogen-bond acceptors (Lipinski definition) is 5. The summed E-state index contributed by atoms with van der Waals surface area (Å²) >= 11 is 0. The summed E-state index contributed by atoms with van der Waals surface area (Å²) in [5, 5.41) is 13.6. The van der Waals surface area contributed by atoms with Gasteiger partial charge in [0.05, 0.1) is 16.5 Å². The standard InChI is InChI=1S/C16H17N3O5/c1-4-8-24-15(20)13-10(2)18(3)16(21)17-14(13)11-6-5-7-12(9-11)19(22)23/h4-7,9,14H,1,8H2,2-3H3,(H,17,21)/t14-/m1/s1. The predicted molar refractivity (Wildman–Crippen MR) is 86.0 cm³/mol. The van der Waals surface area contributed by atoms with Crippen LogP contribution in [-0.2, 0) is 9.53 Å². The molecule has 1 aliphatic rings. The highest BCUT2D eigenvalue weighted by molar-refractivity contribution is 5.95. The minimum atomic E-state index is -0.828. The van der Waals surface area contributed by atoms with E-state index in [0.717, 1.165) is 0 Å². The summed E-state index contributed by atoms with van der Waals surface area (Å²) in [4.78, 5) is 36.2. The molecule has 1 N–H and O–H groups in total. The van der Waals surface area contributed by atoms with Crippen molar-refractivity contribution in [2.45, 2.75) is 13.0 Å². The number of hydrogen-bond donors (Lipinski definition) is 1. The summed E-state index contributed by atoms with van der Waals surface area (Å²) in [5.41, 5.74) is 0.941. The van der Waals surface area contributed by atoms with Crippen LogP contribution in [0.25, 0.3) is 0 Å². The summed E-state index contributed by atoms with van der Waals surface area (Å²) in [7, 11) is 1.52. The SMILES string of the molecule is C=CCOC(=O)C1=C(C)N(C)C(=O)N[C@@H]1c1cccc([N+](=O)[O-])c1. The van der Waals surface area contributed by atoms with Crippen molar-refractivity contribution in [3.05, 3.63) is 63.9 Å². The summed E-state index contributed by atoms with van der Waals surface area (Å²) in [6, 6.07) is 4.53. The fourth-order valence-electron chi connectivity index (χ4n) is 2.38. The highest BCUT2D eigenvalue weighted by Gasteiger charge is 2.35. The number of carbonyl (C=O) groups is 2. The average Bonchev–Trinajstić information content (AvgIpc) is 2.57. The molecular formula is C16H17N3O5. The monoisotopic (exact) mass is 331 g/mol. The van der Waals surface area contributed by atoms with Crippen molar-refractivity contribution < 1.29 is 19.2 Å². The predicted octanol–water partition coefficient (Wildman–Crippen LogP) is 2.29. The number of amides is 2. The third kappa shape index (κ3) is 3.27. The normalized spacial score (nSPS) is 17.3. The van der Waals surface area contributed by atoms with Crippen LogP contribution in [-0.4, -0.2) is 35.5 Å². The average molecular weight is 331 g/mol. The van der Waals surface area contributed by atoms with Crippen molar-refractivity contribution in [3.8, 4) is 0 Å². The number of carbonyl (C=O) groups excluding carboxylic acids is 2. The van der Waals surface area contributed by atoms with E-state index in [1.54, 1.807) is 13.0 Å². The number of urea groups is 1. The van der Waals surface area contributed by atoms with Crippen LogP contribution < -0.4 is 5.32 Å². The lowest BCUT2D eigenvalue weighted by molar-refractivity contribution is -0.384. The number of nitrogens with zero attached hydrogens (tertiary/aromatic N) is 2. The molecule has 1 heterocycles. The Morgan fingerprint density at radius 3 is 2.88 bits per heavy atom. The fourth-order valence-corrected chi connectivity index (χ4v) is 2.38. The number of allylic oxidation sites excluding steroid dienone is 1.